The molecule has 0 saturated heterocycles. The highest BCUT2D eigenvalue weighted by molar-refractivity contribution is 6.04. The van der Waals surface area contributed by atoms with Crippen LogP contribution in [0.4, 0.5) is 19.3 Å². The Morgan fingerprint density at radius 1 is 1.11 bits per heavy atom. The monoisotopic (exact) mass is 390 g/mol. The predicted octanol–water partition coefficient (Wildman–Crippen LogP) is 4.97. The lowest BCUT2D eigenvalue weighted by molar-refractivity contribution is 0.0245. The second-order valence-electron chi connectivity index (χ2n) is 7.23. The van der Waals surface area contributed by atoms with Gasteiger partial charge < -0.3 is 15.0 Å². The molecule has 1 N–H and O–H groups in total. The van der Waals surface area contributed by atoms with Crippen molar-refractivity contribution in [2.24, 2.45) is 0 Å². The van der Waals surface area contributed by atoms with Crippen molar-refractivity contribution in [3.63, 3.8) is 0 Å². The lowest BCUT2D eigenvalue weighted by Crippen LogP contribution is -2.36. The fourth-order valence-corrected chi connectivity index (χ4v) is 2.48. The third kappa shape index (κ3) is 5.77. The van der Waals surface area contributed by atoms with Gasteiger partial charge in [0.25, 0.3) is 5.91 Å². The number of hydrogen-bond acceptors (Lipinski definition) is 3. The number of hydrogen-bond donors (Lipinski definition) is 1. The second kappa shape index (κ2) is 8.82. The summed E-state index contributed by atoms with van der Waals surface area (Å²) in [6.45, 7) is 7.73. The largest absolute Gasteiger partial charge is 0.444 e. The molecule has 2 aromatic rings. The summed E-state index contributed by atoms with van der Waals surface area (Å²) in [6.07, 6.45) is -0.479. The van der Waals surface area contributed by atoms with Crippen LogP contribution in [0.5, 0.6) is 0 Å². The maximum Gasteiger partial charge on any atom is 0.410 e. The standard InChI is InChI=1S/C21H24F2N2O3/c1-5-25(20(27)28-21(2,3)4)13-14-8-6-7-9-18(14)24-19(26)16-12-15(22)10-11-17(16)23/h6-12H,5,13H2,1-4H3,(H,24,26). The zero-order valence-electron chi connectivity index (χ0n) is 16.4. The molecule has 28 heavy (non-hydrogen) atoms. The third-order valence-corrected chi connectivity index (χ3v) is 3.83. The first-order valence-corrected chi connectivity index (χ1v) is 8.93. The Labute approximate surface area is 163 Å². The molecule has 0 bridgehead atoms. The van der Waals surface area contributed by atoms with E-state index in [4.69, 9.17) is 4.74 Å². The van der Waals surface area contributed by atoms with Crippen LogP contribution < -0.4 is 5.32 Å². The van der Waals surface area contributed by atoms with Crippen LogP contribution in [-0.2, 0) is 11.3 Å². The molecule has 2 rings (SSSR count). The Morgan fingerprint density at radius 3 is 2.43 bits per heavy atom. The molecule has 2 amide bonds. The van der Waals surface area contributed by atoms with Gasteiger partial charge in [-0.2, -0.15) is 0 Å². The van der Waals surface area contributed by atoms with E-state index in [1.54, 1.807) is 45.0 Å². The normalized spacial score (nSPS) is 11.1. The molecule has 0 heterocycles. The number of ether oxygens (including phenoxy) is 1. The lowest BCUT2D eigenvalue weighted by atomic mass is 10.1. The van der Waals surface area contributed by atoms with Crippen molar-refractivity contribution in [3.05, 3.63) is 65.2 Å². The van der Waals surface area contributed by atoms with Crippen LogP contribution in [0, 0.1) is 11.6 Å². The number of anilines is 1. The van der Waals surface area contributed by atoms with Crippen LogP contribution >= 0.6 is 0 Å². The molecular weight excluding hydrogens is 366 g/mol. The summed E-state index contributed by atoms with van der Waals surface area (Å²) >= 11 is 0. The minimum absolute atomic E-state index is 0.188. The number of rotatable bonds is 5. The van der Waals surface area contributed by atoms with Crippen molar-refractivity contribution in [1.29, 1.82) is 0 Å². The van der Waals surface area contributed by atoms with E-state index in [9.17, 15) is 18.4 Å². The van der Waals surface area contributed by atoms with Crippen molar-refractivity contribution in [2.75, 3.05) is 11.9 Å². The van der Waals surface area contributed by atoms with E-state index in [2.05, 4.69) is 5.32 Å². The molecule has 5 nitrogen and oxygen atoms in total. The highest BCUT2D eigenvalue weighted by Crippen LogP contribution is 2.21. The molecule has 150 valence electrons. The van der Waals surface area contributed by atoms with Gasteiger partial charge in [0.1, 0.15) is 17.2 Å². The van der Waals surface area contributed by atoms with Gasteiger partial charge in [0.2, 0.25) is 0 Å². The van der Waals surface area contributed by atoms with Crippen LogP contribution in [-0.4, -0.2) is 29.0 Å². The van der Waals surface area contributed by atoms with Crippen LogP contribution in [0.15, 0.2) is 42.5 Å². The number of amides is 2. The Balaban J connectivity index is 2.21. The van der Waals surface area contributed by atoms with Gasteiger partial charge in [0.15, 0.2) is 0 Å². The van der Waals surface area contributed by atoms with E-state index in [1.807, 2.05) is 6.92 Å². The molecule has 0 unspecified atom stereocenters. The number of carbonyl (C=O) groups is 2. The maximum absolute atomic E-state index is 13.9. The van der Waals surface area contributed by atoms with Gasteiger partial charge in [0, 0.05) is 12.2 Å². The van der Waals surface area contributed by atoms with Crippen molar-refractivity contribution in [1.82, 2.24) is 4.90 Å². The topological polar surface area (TPSA) is 58.6 Å². The molecule has 0 aromatic heterocycles. The van der Waals surface area contributed by atoms with Gasteiger partial charge in [-0.15, -0.1) is 0 Å². The summed E-state index contributed by atoms with van der Waals surface area (Å²) in [4.78, 5) is 26.2. The van der Waals surface area contributed by atoms with E-state index in [-0.39, 0.29) is 6.54 Å². The summed E-state index contributed by atoms with van der Waals surface area (Å²) in [7, 11) is 0. The van der Waals surface area contributed by atoms with Gasteiger partial charge >= 0.3 is 6.09 Å². The fraction of sp³-hybridized carbons (Fsp3) is 0.333. The van der Waals surface area contributed by atoms with Crippen molar-refractivity contribution < 1.29 is 23.1 Å². The van der Waals surface area contributed by atoms with Crippen molar-refractivity contribution >= 4 is 17.7 Å². The first-order chi connectivity index (χ1) is 13.1. The molecule has 0 aliphatic rings. The highest BCUT2D eigenvalue weighted by atomic mass is 19.1. The van der Waals surface area contributed by atoms with E-state index in [0.717, 1.165) is 18.2 Å². The van der Waals surface area contributed by atoms with E-state index >= 15 is 0 Å². The number of benzene rings is 2. The zero-order chi connectivity index (χ0) is 20.9. The summed E-state index contributed by atoms with van der Waals surface area (Å²) < 4.78 is 32.6. The average Bonchev–Trinajstić information content (AvgIpc) is 2.61. The Kier molecular flexibility index (Phi) is 6.72. The minimum Gasteiger partial charge on any atom is -0.444 e. The molecule has 0 aliphatic carbocycles. The number of halogens is 2. The van der Waals surface area contributed by atoms with Crippen LogP contribution in [0.2, 0.25) is 0 Å². The Bertz CT molecular complexity index is 863. The van der Waals surface area contributed by atoms with Crippen LogP contribution in [0.1, 0.15) is 43.6 Å². The van der Waals surface area contributed by atoms with Crippen molar-refractivity contribution in [3.8, 4) is 0 Å². The Morgan fingerprint density at radius 2 is 1.79 bits per heavy atom. The molecule has 0 spiro atoms. The predicted molar refractivity (Wildman–Crippen MR) is 103 cm³/mol. The first-order valence-electron chi connectivity index (χ1n) is 8.93. The van der Waals surface area contributed by atoms with Gasteiger partial charge in [-0.05, 0) is 57.5 Å². The number of nitrogens with zero attached hydrogens (tertiary/aromatic N) is 1. The number of nitrogens with one attached hydrogen (secondary N) is 1. The summed E-state index contributed by atoms with van der Waals surface area (Å²) in [5.74, 6) is -2.30. The molecule has 0 radical (unpaired) electrons. The van der Waals surface area contributed by atoms with E-state index < -0.39 is 34.8 Å². The SMILES string of the molecule is CCN(Cc1ccccc1NC(=O)c1cc(F)ccc1F)C(=O)OC(C)(C)C. The number of para-hydroxylation sites is 1. The average molecular weight is 390 g/mol. The van der Waals surface area contributed by atoms with E-state index in [0.29, 0.717) is 17.8 Å². The maximum atomic E-state index is 13.9. The third-order valence-electron chi connectivity index (χ3n) is 3.83. The minimum atomic E-state index is -0.819. The summed E-state index contributed by atoms with van der Waals surface area (Å²) in [5.41, 5.74) is 0.0143. The first kappa shape index (κ1) is 21.3. The molecule has 2 aromatic carbocycles. The lowest BCUT2D eigenvalue weighted by Gasteiger charge is -2.27. The molecule has 0 aliphatic heterocycles. The zero-order valence-corrected chi connectivity index (χ0v) is 16.4. The molecular formula is C21H24F2N2O3. The second-order valence-corrected chi connectivity index (χ2v) is 7.23. The summed E-state index contributed by atoms with van der Waals surface area (Å²) in [6, 6.07) is 9.52. The number of carbonyl (C=O) groups excluding carboxylic acids is 2. The van der Waals surface area contributed by atoms with Gasteiger partial charge in [-0.25, -0.2) is 13.6 Å². The molecule has 7 heteroatoms. The molecule has 0 atom stereocenters. The quantitative estimate of drug-likeness (QED) is 0.784. The fourth-order valence-electron chi connectivity index (χ4n) is 2.48. The van der Waals surface area contributed by atoms with Gasteiger partial charge in [-0.1, -0.05) is 18.2 Å². The summed E-state index contributed by atoms with van der Waals surface area (Å²) in [5, 5.41) is 2.59. The van der Waals surface area contributed by atoms with Crippen LogP contribution in [0.25, 0.3) is 0 Å². The van der Waals surface area contributed by atoms with Gasteiger partial charge in [0.05, 0.1) is 12.1 Å². The Hall–Kier alpha value is -2.96. The highest BCUT2D eigenvalue weighted by Gasteiger charge is 2.22. The van der Waals surface area contributed by atoms with Crippen molar-refractivity contribution in [2.45, 2.75) is 39.8 Å². The molecule has 0 fully saturated rings. The van der Waals surface area contributed by atoms with E-state index in [1.165, 1.54) is 4.90 Å². The smallest absolute Gasteiger partial charge is 0.410 e. The molecule has 0 saturated carbocycles. The van der Waals surface area contributed by atoms with Gasteiger partial charge in [-0.3, -0.25) is 4.79 Å². The van der Waals surface area contributed by atoms with Crippen LogP contribution in [0.3, 0.4) is 0 Å².